The quantitative estimate of drug-likeness (QED) is 0.717. The third kappa shape index (κ3) is 2.17. The van der Waals surface area contributed by atoms with Gasteiger partial charge in [0.05, 0.1) is 5.69 Å². The van der Waals surface area contributed by atoms with Crippen LogP contribution in [0.5, 0.6) is 0 Å². The Kier molecular flexibility index (Phi) is 2.92. The van der Waals surface area contributed by atoms with E-state index in [-0.39, 0.29) is 0 Å². The van der Waals surface area contributed by atoms with Gasteiger partial charge in [0.25, 0.3) is 0 Å². The molecule has 0 atom stereocenters. The van der Waals surface area contributed by atoms with E-state index in [0.717, 1.165) is 11.3 Å². The molecule has 0 amide bonds. The lowest BCUT2D eigenvalue weighted by molar-refractivity contribution is 1.26. The van der Waals surface area contributed by atoms with Gasteiger partial charge < -0.3 is 4.98 Å². The highest BCUT2D eigenvalue weighted by Crippen LogP contribution is 2.32. The van der Waals surface area contributed by atoms with E-state index >= 15 is 0 Å². The first-order chi connectivity index (χ1) is 9.25. The maximum Gasteiger partial charge on any atom is 0.0708 e. The van der Waals surface area contributed by atoms with Crippen molar-refractivity contribution in [3.8, 4) is 22.5 Å². The number of benzene rings is 1. The van der Waals surface area contributed by atoms with Crippen LogP contribution in [-0.4, -0.2) is 9.97 Å². The molecule has 0 aliphatic carbocycles. The molecule has 1 N–H and O–H groups in total. The molecule has 1 aromatic carbocycles. The Labute approximate surface area is 113 Å². The maximum atomic E-state index is 4.46. The highest BCUT2D eigenvalue weighted by molar-refractivity contribution is 5.81. The third-order valence-corrected chi connectivity index (χ3v) is 3.29. The van der Waals surface area contributed by atoms with Gasteiger partial charge in [0.2, 0.25) is 0 Å². The average molecular weight is 248 g/mol. The van der Waals surface area contributed by atoms with E-state index in [2.05, 4.69) is 54.1 Å². The van der Waals surface area contributed by atoms with E-state index < -0.39 is 0 Å². The molecule has 94 valence electrons. The summed E-state index contributed by atoms with van der Waals surface area (Å²) in [5.74, 6) is 0. The standard InChI is InChI=1S/C17H16N2/c1-12-11-13(2)19-17(12)15-8-4-3-7-14(15)16-9-5-6-10-18-16/h3-11,19H,1-2H3. The van der Waals surface area contributed by atoms with E-state index in [1.54, 1.807) is 0 Å². The molecule has 2 heteroatoms. The zero-order chi connectivity index (χ0) is 13.2. The minimum atomic E-state index is 1.00. The van der Waals surface area contributed by atoms with Crippen molar-refractivity contribution in [1.82, 2.24) is 9.97 Å². The number of pyridine rings is 1. The van der Waals surface area contributed by atoms with Crippen molar-refractivity contribution in [1.29, 1.82) is 0 Å². The lowest BCUT2D eigenvalue weighted by atomic mass is 9.99. The van der Waals surface area contributed by atoms with Crippen LogP contribution in [0.15, 0.2) is 54.7 Å². The van der Waals surface area contributed by atoms with E-state index in [1.807, 2.05) is 24.4 Å². The smallest absolute Gasteiger partial charge is 0.0708 e. The molecule has 0 spiro atoms. The molecule has 19 heavy (non-hydrogen) atoms. The first-order valence-corrected chi connectivity index (χ1v) is 6.43. The lowest BCUT2D eigenvalue weighted by Gasteiger charge is -2.08. The van der Waals surface area contributed by atoms with Gasteiger partial charge in [-0.1, -0.05) is 30.3 Å². The second-order valence-corrected chi connectivity index (χ2v) is 4.77. The van der Waals surface area contributed by atoms with E-state index in [4.69, 9.17) is 0 Å². The molecular formula is C17H16N2. The number of aromatic nitrogens is 2. The van der Waals surface area contributed by atoms with Gasteiger partial charge in [-0.25, -0.2) is 0 Å². The van der Waals surface area contributed by atoms with Crippen molar-refractivity contribution in [2.24, 2.45) is 0 Å². The Balaban J connectivity index is 2.21. The van der Waals surface area contributed by atoms with Crippen LogP contribution in [0.1, 0.15) is 11.3 Å². The molecule has 0 saturated heterocycles. The number of nitrogens with one attached hydrogen (secondary N) is 1. The van der Waals surface area contributed by atoms with Gasteiger partial charge in [0.15, 0.2) is 0 Å². The lowest BCUT2D eigenvalue weighted by Crippen LogP contribution is -1.88. The summed E-state index contributed by atoms with van der Waals surface area (Å²) in [5.41, 5.74) is 6.99. The van der Waals surface area contributed by atoms with Crippen LogP contribution >= 0.6 is 0 Å². The molecular weight excluding hydrogens is 232 g/mol. The first kappa shape index (κ1) is 11.7. The fourth-order valence-corrected chi connectivity index (χ4v) is 2.46. The second-order valence-electron chi connectivity index (χ2n) is 4.77. The summed E-state index contributed by atoms with van der Waals surface area (Å²) >= 11 is 0. The van der Waals surface area contributed by atoms with E-state index in [9.17, 15) is 0 Å². The fraction of sp³-hybridized carbons (Fsp3) is 0.118. The molecule has 0 radical (unpaired) electrons. The summed E-state index contributed by atoms with van der Waals surface area (Å²) in [5, 5.41) is 0. The second kappa shape index (κ2) is 4.73. The maximum absolute atomic E-state index is 4.46. The molecule has 3 rings (SSSR count). The van der Waals surface area contributed by atoms with Crippen LogP contribution in [0.4, 0.5) is 0 Å². The Hall–Kier alpha value is -2.35. The van der Waals surface area contributed by atoms with Crippen LogP contribution in [-0.2, 0) is 0 Å². The first-order valence-electron chi connectivity index (χ1n) is 6.43. The Morgan fingerprint density at radius 1 is 0.895 bits per heavy atom. The molecule has 2 heterocycles. The van der Waals surface area contributed by atoms with Crippen molar-refractivity contribution in [3.63, 3.8) is 0 Å². The number of hydrogen-bond donors (Lipinski definition) is 1. The summed E-state index contributed by atoms with van der Waals surface area (Å²) in [6.45, 7) is 4.22. The predicted molar refractivity (Wildman–Crippen MR) is 78.9 cm³/mol. The summed E-state index contributed by atoms with van der Waals surface area (Å²) in [6, 6.07) is 16.6. The normalized spacial score (nSPS) is 10.6. The minimum absolute atomic E-state index is 1.00. The number of rotatable bonds is 2. The van der Waals surface area contributed by atoms with Crippen LogP contribution < -0.4 is 0 Å². The molecule has 0 aliphatic heterocycles. The molecule has 0 saturated carbocycles. The Morgan fingerprint density at radius 3 is 2.26 bits per heavy atom. The molecule has 0 bridgehead atoms. The Bertz CT molecular complexity index is 696. The summed E-state index contributed by atoms with van der Waals surface area (Å²) in [6.07, 6.45) is 1.83. The number of aromatic amines is 1. The van der Waals surface area contributed by atoms with Crippen molar-refractivity contribution < 1.29 is 0 Å². The molecule has 2 aromatic heterocycles. The number of nitrogens with zero attached hydrogens (tertiary/aromatic N) is 1. The van der Waals surface area contributed by atoms with Crippen molar-refractivity contribution >= 4 is 0 Å². The molecule has 0 fully saturated rings. The third-order valence-electron chi connectivity index (χ3n) is 3.29. The average Bonchev–Trinajstić information content (AvgIpc) is 2.79. The zero-order valence-electron chi connectivity index (χ0n) is 11.1. The summed E-state index contributed by atoms with van der Waals surface area (Å²) in [4.78, 5) is 7.90. The van der Waals surface area contributed by atoms with Gasteiger partial charge in [-0.15, -0.1) is 0 Å². The van der Waals surface area contributed by atoms with Gasteiger partial charge in [-0.2, -0.15) is 0 Å². The molecule has 2 nitrogen and oxygen atoms in total. The predicted octanol–water partition coefficient (Wildman–Crippen LogP) is 4.36. The molecule has 0 aliphatic rings. The SMILES string of the molecule is Cc1cc(C)c(-c2ccccc2-c2ccccn2)[nH]1. The van der Waals surface area contributed by atoms with Gasteiger partial charge in [0, 0.05) is 28.7 Å². The van der Waals surface area contributed by atoms with Gasteiger partial charge in [-0.05, 0) is 37.6 Å². The Morgan fingerprint density at radius 2 is 1.63 bits per heavy atom. The number of aryl methyl sites for hydroxylation is 2. The number of hydrogen-bond acceptors (Lipinski definition) is 1. The van der Waals surface area contributed by atoms with Crippen LogP contribution in [0.2, 0.25) is 0 Å². The topological polar surface area (TPSA) is 28.7 Å². The van der Waals surface area contributed by atoms with Crippen LogP contribution in [0.3, 0.4) is 0 Å². The van der Waals surface area contributed by atoms with Crippen LogP contribution in [0, 0.1) is 13.8 Å². The van der Waals surface area contributed by atoms with E-state index in [1.165, 1.54) is 22.5 Å². The minimum Gasteiger partial charge on any atom is -0.358 e. The zero-order valence-corrected chi connectivity index (χ0v) is 11.1. The van der Waals surface area contributed by atoms with Crippen molar-refractivity contribution in [2.75, 3.05) is 0 Å². The van der Waals surface area contributed by atoms with Gasteiger partial charge >= 0.3 is 0 Å². The summed E-state index contributed by atoms with van der Waals surface area (Å²) < 4.78 is 0. The highest BCUT2D eigenvalue weighted by atomic mass is 14.7. The number of H-pyrrole nitrogens is 1. The highest BCUT2D eigenvalue weighted by Gasteiger charge is 2.11. The fourth-order valence-electron chi connectivity index (χ4n) is 2.46. The monoisotopic (exact) mass is 248 g/mol. The molecule has 3 aromatic rings. The molecule has 0 unspecified atom stereocenters. The summed E-state index contributed by atoms with van der Waals surface area (Å²) in [7, 11) is 0. The van der Waals surface area contributed by atoms with Gasteiger partial charge in [0.1, 0.15) is 0 Å². The van der Waals surface area contributed by atoms with Crippen LogP contribution in [0.25, 0.3) is 22.5 Å². The largest absolute Gasteiger partial charge is 0.358 e. The van der Waals surface area contributed by atoms with E-state index in [0.29, 0.717) is 0 Å². The van der Waals surface area contributed by atoms with Crippen molar-refractivity contribution in [2.45, 2.75) is 13.8 Å². The van der Waals surface area contributed by atoms with Gasteiger partial charge in [-0.3, -0.25) is 4.98 Å². The van der Waals surface area contributed by atoms with Crippen molar-refractivity contribution in [3.05, 3.63) is 66.0 Å².